The highest BCUT2D eigenvalue weighted by molar-refractivity contribution is 14.0. The van der Waals surface area contributed by atoms with Crippen LogP contribution in [-0.2, 0) is 16.1 Å². The minimum absolute atomic E-state index is 0. The number of nitrogens with zero attached hydrogens (tertiary/aromatic N) is 2. The van der Waals surface area contributed by atoms with Gasteiger partial charge in [0.25, 0.3) is 0 Å². The summed E-state index contributed by atoms with van der Waals surface area (Å²) < 4.78 is 4.87. The van der Waals surface area contributed by atoms with E-state index in [-0.39, 0.29) is 41.8 Å². The molecule has 0 amide bonds. The molecule has 1 aliphatic rings. The average Bonchev–Trinajstić information content (AvgIpc) is 2.89. The number of carbonyl (C=O) groups is 1. The summed E-state index contributed by atoms with van der Waals surface area (Å²) in [5.74, 6) is 0.783. The van der Waals surface area contributed by atoms with Crippen molar-refractivity contribution in [3.05, 3.63) is 34.9 Å². The molecule has 0 saturated carbocycles. The van der Waals surface area contributed by atoms with E-state index in [4.69, 9.17) is 16.3 Å². The molecule has 5 nitrogen and oxygen atoms in total. The van der Waals surface area contributed by atoms with E-state index < -0.39 is 0 Å². The Morgan fingerprint density at radius 2 is 2.22 bits per heavy atom. The van der Waals surface area contributed by atoms with Crippen LogP contribution in [-0.4, -0.2) is 44.1 Å². The lowest BCUT2D eigenvalue weighted by Gasteiger charge is -2.21. The SMILES string of the molecule is CN=C(NCc1cccc(Cl)c1)N1CC(C)C(C(=O)OC)C1.I. The van der Waals surface area contributed by atoms with Crippen LogP contribution in [0.3, 0.4) is 0 Å². The van der Waals surface area contributed by atoms with E-state index in [1.54, 1.807) is 7.05 Å². The smallest absolute Gasteiger partial charge is 0.310 e. The van der Waals surface area contributed by atoms with E-state index in [1.165, 1.54) is 7.11 Å². The molecule has 2 rings (SSSR count). The molecule has 0 aliphatic carbocycles. The normalized spacial score (nSPS) is 20.9. The lowest BCUT2D eigenvalue weighted by atomic mass is 9.99. The van der Waals surface area contributed by atoms with Crippen molar-refractivity contribution in [3.63, 3.8) is 0 Å². The molecule has 1 fully saturated rings. The van der Waals surface area contributed by atoms with Crippen LogP contribution < -0.4 is 5.32 Å². The fourth-order valence-corrected chi connectivity index (χ4v) is 2.97. The van der Waals surface area contributed by atoms with Crippen molar-refractivity contribution < 1.29 is 9.53 Å². The van der Waals surface area contributed by atoms with Crippen molar-refractivity contribution in [2.75, 3.05) is 27.2 Å². The van der Waals surface area contributed by atoms with Crippen molar-refractivity contribution in [2.45, 2.75) is 13.5 Å². The maximum Gasteiger partial charge on any atom is 0.310 e. The fourth-order valence-electron chi connectivity index (χ4n) is 2.76. The molecular formula is C16H23ClIN3O2. The number of hydrogen-bond donors (Lipinski definition) is 1. The Hall–Kier alpha value is -1.02. The number of halogens is 2. The van der Waals surface area contributed by atoms with Gasteiger partial charge in [0, 0.05) is 31.7 Å². The van der Waals surface area contributed by atoms with Crippen LogP contribution in [0.1, 0.15) is 12.5 Å². The summed E-state index contributed by atoms with van der Waals surface area (Å²) >= 11 is 5.99. The molecule has 2 atom stereocenters. The van der Waals surface area contributed by atoms with Crippen molar-refractivity contribution >= 4 is 47.5 Å². The molecular weight excluding hydrogens is 429 g/mol. The van der Waals surface area contributed by atoms with Crippen LogP contribution in [0.15, 0.2) is 29.3 Å². The third-order valence-corrected chi connectivity index (χ3v) is 4.20. The molecule has 0 aromatic heterocycles. The number of ether oxygens (including phenoxy) is 1. The van der Waals surface area contributed by atoms with Crippen molar-refractivity contribution in [3.8, 4) is 0 Å². The summed E-state index contributed by atoms with van der Waals surface area (Å²) in [5.41, 5.74) is 1.09. The maximum atomic E-state index is 11.8. The van der Waals surface area contributed by atoms with Gasteiger partial charge in [-0.05, 0) is 23.6 Å². The molecule has 128 valence electrons. The van der Waals surface area contributed by atoms with Crippen LogP contribution in [0, 0.1) is 11.8 Å². The van der Waals surface area contributed by atoms with Gasteiger partial charge in [-0.15, -0.1) is 24.0 Å². The molecule has 1 aromatic rings. The summed E-state index contributed by atoms with van der Waals surface area (Å²) in [6.45, 7) is 4.12. The van der Waals surface area contributed by atoms with E-state index in [2.05, 4.69) is 22.1 Å². The molecule has 1 N–H and O–H groups in total. The Bertz CT molecular complexity index is 568. The largest absolute Gasteiger partial charge is 0.469 e. The van der Waals surface area contributed by atoms with Crippen LogP contribution in [0.25, 0.3) is 0 Å². The summed E-state index contributed by atoms with van der Waals surface area (Å²) in [6.07, 6.45) is 0. The van der Waals surface area contributed by atoms with E-state index in [9.17, 15) is 4.79 Å². The number of benzene rings is 1. The zero-order valence-corrected chi connectivity index (χ0v) is 16.7. The average molecular weight is 452 g/mol. The van der Waals surface area contributed by atoms with E-state index in [1.807, 2.05) is 24.3 Å². The number of aliphatic imine (C=N–C) groups is 1. The number of methoxy groups -OCH3 is 1. The summed E-state index contributed by atoms with van der Waals surface area (Å²) in [6, 6.07) is 7.71. The number of esters is 1. The standard InChI is InChI=1S/C16H22ClN3O2.HI/c1-11-9-20(10-14(11)15(21)22-3)16(18-2)19-8-12-5-4-6-13(17)7-12;/h4-7,11,14H,8-10H2,1-3H3,(H,18,19);1H. The first-order chi connectivity index (χ1) is 10.5. The third kappa shape index (κ3) is 5.24. The first-order valence-electron chi connectivity index (χ1n) is 7.33. The van der Waals surface area contributed by atoms with Gasteiger partial charge in [0.15, 0.2) is 5.96 Å². The van der Waals surface area contributed by atoms with Gasteiger partial charge in [-0.25, -0.2) is 0 Å². The van der Waals surface area contributed by atoms with Gasteiger partial charge in [0.2, 0.25) is 0 Å². The Morgan fingerprint density at radius 1 is 1.48 bits per heavy atom. The molecule has 1 heterocycles. The predicted molar refractivity (Wildman–Crippen MR) is 103 cm³/mol. The van der Waals surface area contributed by atoms with E-state index in [0.717, 1.165) is 23.1 Å². The Morgan fingerprint density at radius 3 is 2.83 bits per heavy atom. The minimum atomic E-state index is -0.153. The molecule has 0 bridgehead atoms. The highest BCUT2D eigenvalue weighted by atomic mass is 127. The molecule has 0 radical (unpaired) electrons. The first kappa shape index (κ1) is 20.0. The van der Waals surface area contributed by atoms with Crippen LogP contribution in [0.2, 0.25) is 5.02 Å². The molecule has 0 spiro atoms. The van der Waals surface area contributed by atoms with Crippen LogP contribution in [0.4, 0.5) is 0 Å². The second-order valence-electron chi connectivity index (χ2n) is 5.54. The fraction of sp³-hybridized carbons (Fsp3) is 0.500. The van der Waals surface area contributed by atoms with Crippen molar-refractivity contribution in [1.29, 1.82) is 0 Å². The first-order valence-corrected chi connectivity index (χ1v) is 7.70. The van der Waals surface area contributed by atoms with Gasteiger partial charge in [-0.3, -0.25) is 9.79 Å². The Kier molecular flexibility index (Phi) is 8.11. The van der Waals surface area contributed by atoms with E-state index in [0.29, 0.717) is 13.1 Å². The molecule has 23 heavy (non-hydrogen) atoms. The Balaban J connectivity index is 0.00000264. The van der Waals surface area contributed by atoms with Gasteiger partial charge in [0.05, 0.1) is 13.0 Å². The zero-order chi connectivity index (χ0) is 16.1. The highest BCUT2D eigenvalue weighted by Gasteiger charge is 2.36. The van der Waals surface area contributed by atoms with Crippen molar-refractivity contribution in [2.24, 2.45) is 16.8 Å². The number of carbonyl (C=O) groups excluding carboxylic acids is 1. The van der Waals surface area contributed by atoms with Crippen LogP contribution in [0.5, 0.6) is 0 Å². The molecule has 7 heteroatoms. The molecule has 1 aromatic carbocycles. The predicted octanol–water partition coefficient (Wildman–Crippen LogP) is 2.77. The molecule has 2 unspecified atom stereocenters. The topological polar surface area (TPSA) is 53.9 Å². The number of rotatable bonds is 3. The summed E-state index contributed by atoms with van der Waals surface area (Å²) in [4.78, 5) is 18.2. The lowest BCUT2D eigenvalue weighted by molar-refractivity contribution is -0.145. The van der Waals surface area contributed by atoms with Gasteiger partial charge in [0.1, 0.15) is 0 Å². The third-order valence-electron chi connectivity index (χ3n) is 3.97. The zero-order valence-electron chi connectivity index (χ0n) is 13.6. The second-order valence-corrected chi connectivity index (χ2v) is 5.98. The number of guanidine groups is 1. The lowest BCUT2D eigenvalue weighted by Crippen LogP contribution is -2.40. The van der Waals surface area contributed by atoms with Gasteiger partial charge in [-0.2, -0.15) is 0 Å². The van der Waals surface area contributed by atoms with Gasteiger partial charge in [-0.1, -0.05) is 30.7 Å². The second kappa shape index (κ2) is 9.32. The minimum Gasteiger partial charge on any atom is -0.469 e. The summed E-state index contributed by atoms with van der Waals surface area (Å²) in [7, 11) is 3.18. The van der Waals surface area contributed by atoms with E-state index >= 15 is 0 Å². The van der Waals surface area contributed by atoms with Gasteiger partial charge >= 0.3 is 5.97 Å². The van der Waals surface area contributed by atoms with Crippen molar-refractivity contribution in [1.82, 2.24) is 10.2 Å². The number of hydrogen-bond acceptors (Lipinski definition) is 3. The Labute approximate surface area is 159 Å². The monoisotopic (exact) mass is 451 g/mol. The van der Waals surface area contributed by atoms with Gasteiger partial charge < -0.3 is 15.0 Å². The molecule has 1 aliphatic heterocycles. The quantitative estimate of drug-likeness (QED) is 0.332. The molecule has 1 saturated heterocycles. The summed E-state index contributed by atoms with van der Waals surface area (Å²) in [5, 5.41) is 4.04. The maximum absolute atomic E-state index is 11.8. The van der Waals surface area contributed by atoms with Crippen LogP contribution >= 0.6 is 35.6 Å². The number of nitrogens with one attached hydrogen (secondary N) is 1. The number of likely N-dealkylation sites (tertiary alicyclic amines) is 1. The highest BCUT2D eigenvalue weighted by Crippen LogP contribution is 2.24.